The largest absolute Gasteiger partial charge is 0.342 e. The van der Waals surface area contributed by atoms with Gasteiger partial charge in [-0.25, -0.2) is 0 Å². The molecule has 1 saturated carbocycles. The Balaban J connectivity index is 1.29. The van der Waals surface area contributed by atoms with Gasteiger partial charge in [0.2, 0.25) is 11.8 Å². The number of para-hydroxylation sites is 1. The first-order valence-corrected chi connectivity index (χ1v) is 9.82. The second kappa shape index (κ2) is 7.35. The van der Waals surface area contributed by atoms with E-state index >= 15 is 0 Å². The van der Waals surface area contributed by atoms with Gasteiger partial charge >= 0.3 is 0 Å². The zero-order chi connectivity index (χ0) is 18.9. The summed E-state index contributed by atoms with van der Waals surface area (Å²) in [5.74, 6) is 0.320. The molecule has 1 spiro atoms. The zero-order valence-electron chi connectivity index (χ0n) is 15.2. The SMILES string of the molecule is O=C(Nc1ccccc1)C1CC12CCN(C(=O)Cc1cccc(Cl)c1)CC2. The van der Waals surface area contributed by atoms with Crippen LogP contribution < -0.4 is 5.32 Å². The second-order valence-electron chi connectivity index (χ2n) is 7.66. The van der Waals surface area contributed by atoms with Gasteiger partial charge in [-0.3, -0.25) is 9.59 Å². The lowest BCUT2D eigenvalue weighted by molar-refractivity contribution is -0.132. The molecular formula is C22H23ClN2O2. The summed E-state index contributed by atoms with van der Waals surface area (Å²) < 4.78 is 0. The Hall–Kier alpha value is -2.33. The van der Waals surface area contributed by atoms with Crippen molar-refractivity contribution in [2.24, 2.45) is 11.3 Å². The topological polar surface area (TPSA) is 49.4 Å². The van der Waals surface area contributed by atoms with Gasteiger partial charge in [0.15, 0.2) is 0 Å². The van der Waals surface area contributed by atoms with Gasteiger partial charge in [0.1, 0.15) is 0 Å². The molecule has 1 saturated heterocycles. The van der Waals surface area contributed by atoms with Crippen LogP contribution in [0, 0.1) is 11.3 Å². The molecule has 0 bridgehead atoms. The Morgan fingerprint density at radius 2 is 1.81 bits per heavy atom. The molecule has 1 N–H and O–H groups in total. The number of nitrogens with one attached hydrogen (secondary N) is 1. The number of benzene rings is 2. The van der Waals surface area contributed by atoms with Gasteiger partial charge in [-0.05, 0) is 54.5 Å². The first kappa shape index (κ1) is 18.1. The summed E-state index contributed by atoms with van der Waals surface area (Å²) in [7, 11) is 0. The predicted molar refractivity (Wildman–Crippen MR) is 107 cm³/mol. The number of hydrogen-bond acceptors (Lipinski definition) is 2. The Bertz CT molecular complexity index is 844. The van der Waals surface area contributed by atoms with Crippen LogP contribution in [0.2, 0.25) is 5.02 Å². The van der Waals surface area contributed by atoms with E-state index in [0.717, 1.165) is 43.6 Å². The standard InChI is InChI=1S/C22H23ClN2O2/c23-17-6-4-5-16(13-17)14-20(26)25-11-9-22(10-12-25)15-19(22)21(27)24-18-7-2-1-3-8-18/h1-8,13,19H,9-12,14-15H2,(H,24,27). The number of carbonyl (C=O) groups is 2. The van der Waals surface area contributed by atoms with E-state index in [1.165, 1.54) is 0 Å². The van der Waals surface area contributed by atoms with Crippen LogP contribution in [0.4, 0.5) is 5.69 Å². The molecule has 1 unspecified atom stereocenters. The minimum Gasteiger partial charge on any atom is -0.342 e. The van der Waals surface area contributed by atoms with E-state index in [4.69, 9.17) is 11.6 Å². The van der Waals surface area contributed by atoms with Crippen LogP contribution in [0.15, 0.2) is 54.6 Å². The van der Waals surface area contributed by atoms with E-state index in [2.05, 4.69) is 5.32 Å². The molecule has 5 heteroatoms. The molecule has 0 radical (unpaired) electrons. The molecule has 2 aromatic carbocycles. The van der Waals surface area contributed by atoms with Gasteiger partial charge in [-0.15, -0.1) is 0 Å². The van der Waals surface area contributed by atoms with Crippen LogP contribution in [0.5, 0.6) is 0 Å². The number of anilines is 1. The number of rotatable bonds is 4. The van der Waals surface area contributed by atoms with Crippen LogP contribution >= 0.6 is 11.6 Å². The average molecular weight is 383 g/mol. The van der Waals surface area contributed by atoms with Gasteiger partial charge in [0.25, 0.3) is 0 Å². The monoisotopic (exact) mass is 382 g/mol. The Kier molecular flexibility index (Phi) is 4.92. The van der Waals surface area contributed by atoms with E-state index < -0.39 is 0 Å². The molecule has 0 aromatic heterocycles. The Morgan fingerprint density at radius 1 is 1.07 bits per heavy atom. The quantitative estimate of drug-likeness (QED) is 0.863. The lowest BCUT2D eigenvalue weighted by atomic mass is 9.90. The van der Waals surface area contributed by atoms with E-state index in [1.54, 1.807) is 0 Å². The highest BCUT2D eigenvalue weighted by Crippen LogP contribution is 2.59. The number of nitrogens with zero attached hydrogens (tertiary/aromatic N) is 1. The van der Waals surface area contributed by atoms with E-state index in [0.29, 0.717) is 11.4 Å². The normalized spacial score (nSPS) is 20.3. The summed E-state index contributed by atoms with van der Waals surface area (Å²) >= 11 is 6.00. The third kappa shape index (κ3) is 4.01. The summed E-state index contributed by atoms with van der Waals surface area (Å²) in [6.07, 6.45) is 3.12. The van der Waals surface area contributed by atoms with Crippen LogP contribution in [-0.2, 0) is 16.0 Å². The number of likely N-dealkylation sites (tertiary alicyclic amines) is 1. The first-order chi connectivity index (χ1) is 13.1. The van der Waals surface area contributed by atoms with E-state index in [9.17, 15) is 9.59 Å². The molecule has 4 nitrogen and oxygen atoms in total. The minimum absolute atomic E-state index is 0.0721. The number of hydrogen-bond donors (Lipinski definition) is 1. The fourth-order valence-corrected chi connectivity index (χ4v) is 4.37. The van der Waals surface area contributed by atoms with Crippen molar-refractivity contribution in [3.05, 3.63) is 65.2 Å². The van der Waals surface area contributed by atoms with Gasteiger partial charge in [-0.2, -0.15) is 0 Å². The van der Waals surface area contributed by atoms with Crippen LogP contribution in [-0.4, -0.2) is 29.8 Å². The summed E-state index contributed by atoms with van der Waals surface area (Å²) in [6, 6.07) is 17.0. The summed E-state index contributed by atoms with van der Waals surface area (Å²) in [6.45, 7) is 1.46. The number of carbonyl (C=O) groups excluding carboxylic acids is 2. The van der Waals surface area contributed by atoms with Gasteiger partial charge in [0.05, 0.1) is 6.42 Å². The molecule has 2 fully saturated rings. The predicted octanol–water partition coefficient (Wildman–Crippen LogP) is 4.15. The number of halogens is 1. The van der Waals surface area contributed by atoms with Crippen molar-refractivity contribution in [1.29, 1.82) is 0 Å². The molecule has 2 aliphatic rings. The maximum Gasteiger partial charge on any atom is 0.228 e. The maximum atomic E-state index is 12.6. The fourth-order valence-electron chi connectivity index (χ4n) is 4.16. The summed E-state index contributed by atoms with van der Waals surface area (Å²) in [5.41, 5.74) is 1.88. The number of amides is 2. The van der Waals surface area contributed by atoms with Gasteiger partial charge in [-0.1, -0.05) is 41.9 Å². The highest BCUT2D eigenvalue weighted by atomic mass is 35.5. The first-order valence-electron chi connectivity index (χ1n) is 9.44. The second-order valence-corrected chi connectivity index (χ2v) is 8.10. The van der Waals surface area contributed by atoms with Crippen molar-refractivity contribution in [1.82, 2.24) is 4.90 Å². The molecule has 1 aliphatic heterocycles. The highest BCUT2D eigenvalue weighted by Gasteiger charge is 2.58. The van der Waals surface area contributed by atoms with Gasteiger partial charge < -0.3 is 10.2 Å². The molecule has 140 valence electrons. The Morgan fingerprint density at radius 3 is 2.52 bits per heavy atom. The van der Waals surface area contributed by atoms with Gasteiger partial charge in [0, 0.05) is 29.7 Å². The summed E-state index contributed by atoms with van der Waals surface area (Å²) in [5, 5.41) is 3.67. The molecule has 4 rings (SSSR count). The third-order valence-electron chi connectivity index (χ3n) is 5.90. The molecule has 2 aromatic rings. The van der Waals surface area contributed by atoms with Crippen molar-refractivity contribution >= 4 is 29.1 Å². The van der Waals surface area contributed by atoms with Crippen LogP contribution in [0.25, 0.3) is 0 Å². The van der Waals surface area contributed by atoms with Crippen molar-refractivity contribution in [3.8, 4) is 0 Å². The lowest BCUT2D eigenvalue weighted by Gasteiger charge is -2.33. The maximum absolute atomic E-state index is 12.6. The van der Waals surface area contributed by atoms with E-state index in [-0.39, 0.29) is 23.1 Å². The molecule has 27 heavy (non-hydrogen) atoms. The molecule has 1 atom stereocenters. The Labute approximate surface area is 164 Å². The van der Waals surface area contributed by atoms with Crippen molar-refractivity contribution in [2.45, 2.75) is 25.7 Å². The van der Waals surface area contributed by atoms with Crippen molar-refractivity contribution in [3.63, 3.8) is 0 Å². The van der Waals surface area contributed by atoms with Crippen molar-refractivity contribution in [2.75, 3.05) is 18.4 Å². The van der Waals surface area contributed by atoms with Crippen LogP contribution in [0.3, 0.4) is 0 Å². The molecular weight excluding hydrogens is 360 g/mol. The van der Waals surface area contributed by atoms with Crippen molar-refractivity contribution < 1.29 is 9.59 Å². The smallest absolute Gasteiger partial charge is 0.228 e. The molecule has 2 amide bonds. The average Bonchev–Trinajstić information content (AvgIpc) is 3.36. The third-order valence-corrected chi connectivity index (χ3v) is 6.14. The highest BCUT2D eigenvalue weighted by molar-refractivity contribution is 6.30. The number of piperidine rings is 1. The minimum atomic E-state index is 0.0721. The van der Waals surface area contributed by atoms with Crippen LogP contribution in [0.1, 0.15) is 24.8 Å². The lowest BCUT2D eigenvalue weighted by Crippen LogP contribution is -2.41. The zero-order valence-corrected chi connectivity index (χ0v) is 15.9. The molecule has 1 aliphatic carbocycles. The fraction of sp³-hybridized carbons (Fsp3) is 0.364. The molecule has 1 heterocycles. The van der Waals surface area contributed by atoms with E-state index in [1.807, 2.05) is 59.5 Å². The summed E-state index contributed by atoms with van der Waals surface area (Å²) in [4.78, 5) is 27.0.